The molecule has 1 N–H and O–H groups in total. The Hall–Kier alpha value is -5.34. The summed E-state index contributed by atoms with van der Waals surface area (Å²) in [6.07, 6.45) is 5.34. The van der Waals surface area contributed by atoms with Crippen molar-refractivity contribution in [3.63, 3.8) is 0 Å². The SMILES string of the molecule is COc1cc2c(cc1OCCCOc1cc3c(cc1OC)C(=O)N1CC4(CC4)C[C@H]1C(=O)N3COCC[Si](C)(C)C)NC(=O)[C@@H]1CC(c3ccc(C)cc3)=CN1C2=O. The summed E-state index contributed by atoms with van der Waals surface area (Å²) < 4.78 is 29.8. The number of hydrogen-bond acceptors (Lipinski definition) is 9. The zero-order valence-corrected chi connectivity index (χ0v) is 35.1. The Bertz CT molecular complexity index is 2180. The van der Waals surface area contributed by atoms with Crippen LogP contribution in [0.4, 0.5) is 11.4 Å². The number of rotatable bonds is 14. The molecule has 0 radical (unpaired) electrons. The average molecular weight is 809 g/mol. The highest BCUT2D eigenvalue weighted by Crippen LogP contribution is 2.56. The monoisotopic (exact) mass is 808 g/mol. The lowest BCUT2D eigenvalue weighted by atomic mass is 10.0. The summed E-state index contributed by atoms with van der Waals surface area (Å²) in [7, 11) is 1.66. The summed E-state index contributed by atoms with van der Waals surface area (Å²) in [5.41, 5.74) is 4.56. The number of benzene rings is 3. The van der Waals surface area contributed by atoms with Crippen molar-refractivity contribution in [2.45, 2.75) is 76.8 Å². The molecule has 14 heteroatoms. The van der Waals surface area contributed by atoms with Crippen LogP contribution in [0.2, 0.25) is 25.7 Å². The highest BCUT2D eigenvalue weighted by molar-refractivity contribution is 6.76. The van der Waals surface area contributed by atoms with E-state index in [2.05, 4.69) is 25.0 Å². The van der Waals surface area contributed by atoms with E-state index in [1.807, 2.05) is 31.2 Å². The zero-order valence-electron chi connectivity index (χ0n) is 34.1. The molecule has 1 saturated carbocycles. The van der Waals surface area contributed by atoms with Crippen LogP contribution in [0.1, 0.15) is 63.9 Å². The van der Waals surface area contributed by atoms with Crippen molar-refractivity contribution >= 4 is 48.7 Å². The first-order chi connectivity index (χ1) is 27.8. The van der Waals surface area contributed by atoms with Crippen LogP contribution in [0.5, 0.6) is 23.0 Å². The van der Waals surface area contributed by atoms with Gasteiger partial charge in [0, 0.05) is 52.4 Å². The summed E-state index contributed by atoms with van der Waals surface area (Å²) in [4.78, 5) is 60.4. The van der Waals surface area contributed by atoms with Gasteiger partial charge >= 0.3 is 0 Å². The minimum absolute atomic E-state index is 0.0407. The molecule has 3 aromatic carbocycles. The van der Waals surface area contributed by atoms with Crippen molar-refractivity contribution in [1.29, 1.82) is 0 Å². The molecule has 58 heavy (non-hydrogen) atoms. The molecule has 1 aliphatic carbocycles. The Balaban J connectivity index is 0.956. The first kappa shape index (κ1) is 39.5. The maximum atomic E-state index is 14.2. The first-order valence-corrected chi connectivity index (χ1v) is 23.8. The minimum Gasteiger partial charge on any atom is -0.493 e. The predicted molar refractivity (Wildman–Crippen MR) is 222 cm³/mol. The Labute approximate surface area is 340 Å². The van der Waals surface area contributed by atoms with E-state index >= 15 is 0 Å². The highest BCUT2D eigenvalue weighted by Gasteiger charge is 2.57. The molecule has 0 unspecified atom stereocenters. The fraction of sp³-hybridized carbons (Fsp3) is 0.455. The second kappa shape index (κ2) is 15.4. The Morgan fingerprint density at radius 1 is 0.810 bits per heavy atom. The highest BCUT2D eigenvalue weighted by atomic mass is 28.3. The lowest BCUT2D eigenvalue weighted by molar-refractivity contribution is -0.123. The zero-order chi connectivity index (χ0) is 40.9. The molecule has 4 aliphatic heterocycles. The van der Waals surface area contributed by atoms with Gasteiger partial charge in [0.15, 0.2) is 23.0 Å². The van der Waals surface area contributed by atoms with Crippen molar-refractivity contribution in [3.05, 3.63) is 77.0 Å². The number of hydrogen-bond donors (Lipinski definition) is 1. The number of fused-ring (bicyclic) bond motifs is 4. The van der Waals surface area contributed by atoms with E-state index in [0.717, 1.165) is 35.6 Å². The number of anilines is 2. The Kier molecular flexibility index (Phi) is 10.5. The molecule has 1 saturated heterocycles. The van der Waals surface area contributed by atoms with Gasteiger partial charge in [-0.2, -0.15) is 0 Å². The second-order valence-electron chi connectivity index (χ2n) is 17.3. The Morgan fingerprint density at radius 2 is 1.48 bits per heavy atom. The second-order valence-corrected chi connectivity index (χ2v) is 22.9. The number of carbonyl (C=O) groups is 4. The van der Waals surface area contributed by atoms with E-state index < -0.39 is 20.2 Å². The molecule has 2 atom stereocenters. The lowest BCUT2D eigenvalue weighted by Gasteiger charge is -2.26. The van der Waals surface area contributed by atoms with E-state index in [-0.39, 0.29) is 49.0 Å². The fourth-order valence-corrected chi connectivity index (χ4v) is 9.01. The molecule has 8 rings (SSSR count). The van der Waals surface area contributed by atoms with Gasteiger partial charge in [-0.15, -0.1) is 0 Å². The van der Waals surface area contributed by atoms with E-state index in [4.69, 9.17) is 23.7 Å². The lowest BCUT2D eigenvalue weighted by Crippen LogP contribution is -2.45. The standard InChI is InChI=1S/C44H52N4O9Si/c1-27-8-10-28(11-9-27)29-18-34-40(49)45-32-21-38(36(53-2)19-30(32)41(50)46(34)24-29)56-14-7-15-57-39-22-33-31(20-37(39)54-3)42(51)47-25-44(12-13-44)23-35(47)43(52)48(33)26-55-16-17-58(4,5)6/h8-11,19-22,24,34-35H,7,12-18,23,25-26H2,1-6H3,(H,45,49)/t34-,35-/m0/s1. The topological polar surface area (TPSA) is 136 Å². The van der Waals surface area contributed by atoms with Gasteiger partial charge in [0.1, 0.15) is 18.8 Å². The van der Waals surface area contributed by atoms with Crippen molar-refractivity contribution < 1.29 is 42.9 Å². The van der Waals surface area contributed by atoms with Crippen molar-refractivity contribution in [1.82, 2.24) is 9.80 Å². The van der Waals surface area contributed by atoms with Crippen LogP contribution in [-0.4, -0.2) is 101 Å². The van der Waals surface area contributed by atoms with Gasteiger partial charge in [-0.05, 0) is 60.9 Å². The molecule has 1 spiro atoms. The molecule has 3 aromatic rings. The number of nitrogens with zero attached hydrogens (tertiary/aromatic N) is 3. The number of aryl methyl sites for hydroxylation is 1. The van der Waals surface area contributed by atoms with E-state index in [1.54, 1.807) is 40.3 Å². The minimum atomic E-state index is -1.37. The smallest absolute Gasteiger partial charge is 0.260 e. The molecule has 2 fully saturated rings. The Morgan fingerprint density at radius 3 is 2.14 bits per heavy atom. The summed E-state index contributed by atoms with van der Waals surface area (Å²) in [6, 6.07) is 14.4. The van der Waals surface area contributed by atoms with Crippen molar-refractivity contribution in [2.75, 3.05) is 57.5 Å². The van der Waals surface area contributed by atoms with Crippen molar-refractivity contribution in [2.24, 2.45) is 5.41 Å². The molecular formula is C44H52N4O9Si. The number of carbonyl (C=O) groups excluding carboxylic acids is 4. The van der Waals surface area contributed by atoms with Gasteiger partial charge in [0.25, 0.3) is 17.7 Å². The molecule has 0 bridgehead atoms. The molecule has 5 aliphatic rings. The maximum absolute atomic E-state index is 14.2. The average Bonchev–Trinajstić information content (AvgIpc) is 3.67. The maximum Gasteiger partial charge on any atom is 0.260 e. The molecule has 4 heterocycles. The summed E-state index contributed by atoms with van der Waals surface area (Å²) in [6.45, 7) is 10.4. The van der Waals surface area contributed by atoms with Gasteiger partial charge in [-0.1, -0.05) is 49.5 Å². The predicted octanol–water partition coefficient (Wildman–Crippen LogP) is 6.72. The molecule has 4 amide bonds. The van der Waals surface area contributed by atoms with Gasteiger partial charge in [0.05, 0.1) is 49.9 Å². The molecule has 0 aromatic heterocycles. The van der Waals surface area contributed by atoms with E-state index in [9.17, 15) is 19.2 Å². The van der Waals surface area contributed by atoms with Crippen LogP contribution in [0.15, 0.2) is 54.7 Å². The summed E-state index contributed by atoms with van der Waals surface area (Å²) in [5, 5.41) is 2.94. The number of methoxy groups -OCH3 is 2. The third-order valence-corrected chi connectivity index (χ3v) is 13.6. The van der Waals surface area contributed by atoms with Gasteiger partial charge < -0.3 is 38.8 Å². The van der Waals surface area contributed by atoms with Crippen LogP contribution in [0, 0.1) is 12.3 Å². The normalized spacial score (nSPS) is 20.4. The van der Waals surface area contributed by atoms with Crippen LogP contribution in [0.25, 0.3) is 5.57 Å². The van der Waals surface area contributed by atoms with Gasteiger partial charge in [-0.25, -0.2) is 0 Å². The fourth-order valence-electron chi connectivity index (χ4n) is 8.25. The number of amides is 4. The molecular weight excluding hydrogens is 757 g/mol. The van der Waals surface area contributed by atoms with Crippen LogP contribution < -0.4 is 29.2 Å². The van der Waals surface area contributed by atoms with E-state index in [0.29, 0.717) is 77.9 Å². The van der Waals surface area contributed by atoms with Gasteiger partial charge in [-0.3, -0.25) is 24.1 Å². The summed E-state index contributed by atoms with van der Waals surface area (Å²) >= 11 is 0. The molecule has 306 valence electrons. The van der Waals surface area contributed by atoms with Crippen molar-refractivity contribution in [3.8, 4) is 23.0 Å². The first-order valence-electron chi connectivity index (χ1n) is 20.1. The number of nitrogens with one attached hydrogen (secondary N) is 1. The van der Waals surface area contributed by atoms with Crippen LogP contribution >= 0.6 is 0 Å². The van der Waals surface area contributed by atoms with E-state index in [1.165, 1.54) is 19.1 Å². The summed E-state index contributed by atoms with van der Waals surface area (Å²) in [5.74, 6) is 0.584. The largest absolute Gasteiger partial charge is 0.493 e. The third-order valence-electron chi connectivity index (χ3n) is 11.9. The third kappa shape index (κ3) is 7.66. The quantitative estimate of drug-likeness (QED) is 0.139. The molecule has 13 nitrogen and oxygen atoms in total. The van der Waals surface area contributed by atoms with Crippen LogP contribution in [-0.2, 0) is 14.3 Å². The number of ether oxygens (including phenoxy) is 5. The van der Waals surface area contributed by atoms with Crippen LogP contribution in [0.3, 0.4) is 0 Å². The van der Waals surface area contributed by atoms with Gasteiger partial charge in [0.2, 0.25) is 5.91 Å².